The minimum atomic E-state index is 0.458. The molecule has 0 amide bonds. The van der Waals surface area contributed by atoms with Crippen molar-refractivity contribution in [3.8, 4) is 56.7 Å². The van der Waals surface area contributed by atoms with E-state index in [4.69, 9.17) is 33.2 Å². The highest BCUT2D eigenvalue weighted by Crippen LogP contribution is 2.43. The van der Waals surface area contributed by atoms with Gasteiger partial charge in [0.25, 0.3) is 0 Å². The largest absolute Gasteiger partial charge is 0.456 e. The number of aromatic nitrogens is 4. The lowest BCUT2D eigenvalue weighted by molar-refractivity contribution is 0.617. The van der Waals surface area contributed by atoms with Gasteiger partial charge in [0.15, 0.2) is 23.1 Å². The third-order valence-electron chi connectivity index (χ3n) is 9.79. The van der Waals surface area contributed by atoms with Crippen molar-refractivity contribution in [1.29, 1.82) is 0 Å². The van der Waals surface area contributed by atoms with Crippen LogP contribution in [-0.2, 0) is 0 Å². The summed E-state index contributed by atoms with van der Waals surface area (Å²) in [5, 5.41) is 3.89. The number of hydrogen-bond acceptors (Lipinski definition) is 7. The van der Waals surface area contributed by atoms with Gasteiger partial charge in [-0.1, -0.05) is 115 Å². The number of furan rings is 2. The van der Waals surface area contributed by atoms with Gasteiger partial charge in [-0.15, -0.1) is 0 Å². The molecule has 0 aliphatic rings. The van der Waals surface area contributed by atoms with Gasteiger partial charge in [-0.3, -0.25) is 0 Å². The molecular weight excluding hydrogens is 657 g/mol. The van der Waals surface area contributed by atoms with Gasteiger partial charge in [-0.05, 0) is 47.5 Å². The second-order valence-electron chi connectivity index (χ2n) is 13.0. The lowest BCUT2D eigenvalue weighted by atomic mass is 10.0. The molecule has 0 bridgehead atoms. The first-order valence-electron chi connectivity index (χ1n) is 17.4. The van der Waals surface area contributed by atoms with E-state index in [1.54, 1.807) is 0 Å². The van der Waals surface area contributed by atoms with Crippen molar-refractivity contribution in [2.75, 3.05) is 0 Å². The minimum Gasteiger partial charge on any atom is -0.456 e. The van der Waals surface area contributed by atoms with Gasteiger partial charge in [0, 0.05) is 44.3 Å². The van der Waals surface area contributed by atoms with Crippen LogP contribution in [0, 0.1) is 0 Å². The predicted octanol–water partition coefficient (Wildman–Crippen LogP) is 12.1. The first kappa shape index (κ1) is 29.4. The maximum Gasteiger partial charge on any atom is 0.227 e. The molecule has 7 aromatic carbocycles. The molecule has 53 heavy (non-hydrogen) atoms. The third kappa shape index (κ3) is 4.82. The number of hydrogen-bond donors (Lipinski definition) is 0. The second kappa shape index (κ2) is 11.6. The van der Waals surface area contributed by atoms with E-state index >= 15 is 0 Å². The molecule has 0 fully saturated rings. The number of benzene rings is 7. The van der Waals surface area contributed by atoms with E-state index in [1.807, 2.05) is 115 Å². The van der Waals surface area contributed by atoms with Crippen molar-refractivity contribution in [1.82, 2.24) is 19.9 Å². The van der Waals surface area contributed by atoms with Crippen LogP contribution in [0.25, 0.3) is 112 Å². The molecule has 7 heteroatoms. The summed E-state index contributed by atoms with van der Waals surface area (Å²) in [6, 6.07) is 52.5. The van der Waals surface area contributed by atoms with Crippen LogP contribution in [0.1, 0.15) is 0 Å². The first-order valence-corrected chi connectivity index (χ1v) is 17.4. The summed E-state index contributed by atoms with van der Waals surface area (Å²) < 4.78 is 19.2. The van der Waals surface area contributed by atoms with Gasteiger partial charge in [-0.2, -0.15) is 0 Å². The van der Waals surface area contributed by atoms with E-state index in [2.05, 4.69) is 42.5 Å². The van der Waals surface area contributed by atoms with Crippen molar-refractivity contribution >= 4 is 55.0 Å². The fraction of sp³-hybridized carbons (Fsp3) is 0. The summed E-state index contributed by atoms with van der Waals surface area (Å²) in [4.78, 5) is 20.5. The van der Waals surface area contributed by atoms with E-state index in [-0.39, 0.29) is 0 Å². The Morgan fingerprint density at radius 3 is 1.64 bits per heavy atom. The summed E-state index contributed by atoms with van der Waals surface area (Å²) in [5.41, 5.74) is 9.69. The molecule has 0 radical (unpaired) electrons. The molecule has 0 saturated carbocycles. The average Bonchev–Trinajstić information content (AvgIpc) is 3.93. The van der Waals surface area contributed by atoms with Crippen LogP contribution in [0.4, 0.5) is 0 Å². The number of fused-ring (bicyclic) bond motifs is 7. The Labute approximate surface area is 301 Å². The monoisotopic (exact) mass is 682 g/mol. The van der Waals surface area contributed by atoms with E-state index in [0.29, 0.717) is 45.6 Å². The Morgan fingerprint density at radius 2 is 0.868 bits per heavy atom. The number of para-hydroxylation sites is 2. The SMILES string of the molecule is c1ccc(-c2ccc(-c3nc4c(-c5nc(-c6ccccc6)nc(-c6ccc7c(c6)oc6ccccc67)n5)c5c(cc4o3)oc3ccccc35)cc2)cc1. The molecule has 0 unspecified atom stereocenters. The van der Waals surface area contributed by atoms with E-state index in [1.165, 1.54) is 0 Å². The molecule has 4 heterocycles. The summed E-state index contributed by atoms with van der Waals surface area (Å²) in [7, 11) is 0. The minimum absolute atomic E-state index is 0.458. The van der Waals surface area contributed by atoms with Crippen molar-refractivity contribution in [2.45, 2.75) is 0 Å². The Bertz CT molecular complexity index is 3160. The van der Waals surface area contributed by atoms with E-state index in [9.17, 15) is 0 Å². The normalized spacial score (nSPS) is 11.8. The quantitative estimate of drug-likeness (QED) is 0.178. The van der Waals surface area contributed by atoms with Crippen LogP contribution < -0.4 is 0 Å². The standard InChI is InChI=1S/C46H26N4O3/c1-3-11-27(12-4-1)28-19-21-30(22-20-28)46-47-42-39(53-46)26-38-40(34-16-8-10-18-36(34)52-38)41(42)45-49-43(29-13-5-2-6-14-29)48-44(50-45)31-23-24-33-32-15-7-9-17-35(32)51-37(33)25-31/h1-26H. The topological polar surface area (TPSA) is 91.0 Å². The van der Waals surface area contributed by atoms with Crippen LogP contribution in [0.2, 0.25) is 0 Å². The fourth-order valence-corrected chi connectivity index (χ4v) is 7.25. The zero-order valence-electron chi connectivity index (χ0n) is 28.0. The first-order chi connectivity index (χ1) is 26.2. The molecule has 0 N–H and O–H groups in total. The fourth-order valence-electron chi connectivity index (χ4n) is 7.25. The Balaban J connectivity index is 1.15. The Morgan fingerprint density at radius 1 is 0.321 bits per heavy atom. The van der Waals surface area contributed by atoms with Crippen LogP contribution in [0.3, 0.4) is 0 Å². The van der Waals surface area contributed by atoms with Crippen LogP contribution in [0.5, 0.6) is 0 Å². The van der Waals surface area contributed by atoms with Crippen molar-refractivity contribution in [3.63, 3.8) is 0 Å². The molecular formula is C46H26N4O3. The maximum atomic E-state index is 6.52. The zero-order chi connectivity index (χ0) is 34.9. The van der Waals surface area contributed by atoms with Gasteiger partial charge < -0.3 is 13.3 Å². The molecule has 7 nitrogen and oxygen atoms in total. The summed E-state index contributed by atoms with van der Waals surface area (Å²) in [5.74, 6) is 1.99. The maximum absolute atomic E-state index is 6.52. The van der Waals surface area contributed by atoms with Gasteiger partial charge in [0.1, 0.15) is 27.8 Å². The number of oxazole rings is 1. The van der Waals surface area contributed by atoms with Crippen LogP contribution in [0.15, 0.2) is 171 Å². The average molecular weight is 683 g/mol. The number of nitrogens with zero attached hydrogens (tertiary/aromatic N) is 4. The highest BCUT2D eigenvalue weighted by molar-refractivity contribution is 6.18. The highest BCUT2D eigenvalue weighted by Gasteiger charge is 2.25. The smallest absolute Gasteiger partial charge is 0.227 e. The Kier molecular flexibility index (Phi) is 6.42. The Hall–Kier alpha value is -7.38. The summed E-state index contributed by atoms with van der Waals surface area (Å²) >= 11 is 0. The third-order valence-corrected chi connectivity index (χ3v) is 9.79. The van der Waals surface area contributed by atoms with Crippen molar-refractivity contribution < 1.29 is 13.3 Å². The van der Waals surface area contributed by atoms with Crippen LogP contribution >= 0.6 is 0 Å². The van der Waals surface area contributed by atoms with Crippen LogP contribution in [-0.4, -0.2) is 19.9 Å². The molecule has 0 spiro atoms. The zero-order valence-corrected chi connectivity index (χ0v) is 28.0. The molecule has 4 aromatic heterocycles. The lowest BCUT2D eigenvalue weighted by Crippen LogP contribution is -2.01. The molecule has 248 valence electrons. The van der Waals surface area contributed by atoms with Gasteiger partial charge >= 0.3 is 0 Å². The molecule has 0 saturated heterocycles. The van der Waals surface area contributed by atoms with Crippen molar-refractivity contribution in [3.05, 3.63) is 158 Å². The molecule has 0 aliphatic carbocycles. The molecule has 11 rings (SSSR count). The molecule has 11 aromatic rings. The van der Waals surface area contributed by atoms with Gasteiger partial charge in [0.2, 0.25) is 5.89 Å². The second-order valence-corrected chi connectivity index (χ2v) is 13.0. The molecule has 0 atom stereocenters. The predicted molar refractivity (Wildman–Crippen MR) is 209 cm³/mol. The van der Waals surface area contributed by atoms with Gasteiger partial charge in [0.05, 0.1) is 5.56 Å². The lowest BCUT2D eigenvalue weighted by Gasteiger charge is -2.09. The van der Waals surface area contributed by atoms with Crippen molar-refractivity contribution in [2.24, 2.45) is 0 Å². The van der Waals surface area contributed by atoms with Gasteiger partial charge in [-0.25, -0.2) is 19.9 Å². The van der Waals surface area contributed by atoms with E-state index in [0.717, 1.165) is 66.1 Å². The number of rotatable bonds is 5. The van der Waals surface area contributed by atoms with E-state index < -0.39 is 0 Å². The highest BCUT2D eigenvalue weighted by atomic mass is 16.4. The summed E-state index contributed by atoms with van der Waals surface area (Å²) in [6.07, 6.45) is 0. The molecule has 0 aliphatic heterocycles. The summed E-state index contributed by atoms with van der Waals surface area (Å²) in [6.45, 7) is 0.